The van der Waals surface area contributed by atoms with Gasteiger partial charge in [-0.25, -0.2) is 0 Å². The van der Waals surface area contributed by atoms with Crippen molar-refractivity contribution in [3.05, 3.63) is 35.4 Å². The number of hydrogen-bond donors (Lipinski definition) is 2. The summed E-state index contributed by atoms with van der Waals surface area (Å²) >= 11 is 0. The molecule has 20 heavy (non-hydrogen) atoms. The van der Waals surface area contributed by atoms with Gasteiger partial charge in [0.25, 0.3) is 0 Å². The molecule has 0 radical (unpaired) electrons. The molecule has 1 aliphatic rings. The van der Waals surface area contributed by atoms with E-state index in [0.29, 0.717) is 5.92 Å². The predicted octanol–water partition coefficient (Wildman–Crippen LogP) is 3.66. The van der Waals surface area contributed by atoms with E-state index < -0.39 is 0 Å². The van der Waals surface area contributed by atoms with E-state index in [0.717, 1.165) is 19.4 Å². The third-order valence-corrected chi connectivity index (χ3v) is 4.38. The summed E-state index contributed by atoms with van der Waals surface area (Å²) in [5.41, 5.74) is 5.79. The molecule has 0 bridgehead atoms. The van der Waals surface area contributed by atoms with Crippen molar-refractivity contribution in [3.8, 4) is 0 Å². The number of hydrazine groups is 1. The zero-order chi connectivity index (χ0) is 14.4. The van der Waals surface area contributed by atoms with Gasteiger partial charge >= 0.3 is 0 Å². The molecule has 1 fully saturated rings. The third-order valence-electron chi connectivity index (χ3n) is 4.38. The van der Waals surface area contributed by atoms with Gasteiger partial charge in [0.1, 0.15) is 0 Å². The Kier molecular flexibility index (Phi) is 6.02. The molecule has 0 aliphatic heterocycles. The van der Waals surface area contributed by atoms with E-state index in [2.05, 4.69) is 36.6 Å². The Balaban J connectivity index is 2.25. The quantitative estimate of drug-likeness (QED) is 0.562. The molecule has 0 spiro atoms. The van der Waals surface area contributed by atoms with E-state index in [1.165, 1.54) is 30.4 Å². The first kappa shape index (κ1) is 15.5. The summed E-state index contributed by atoms with van der Waals surface area (Å²) in [6.07, 6.45) is 6.25. The van der Waals surface area contributed by atoms with Crippen molar-refractivity contribution in [1.29, 1.82) is 0 Å². The highest BCUT2D eigenvalue weighted by atomic mass is 16.5. The largest absolute Gasteiger partial charge is 0.376 e. The number of nitrogens with one attached hydrogen (secondary N) is 1. The molecule has 0 saturated heterocycles. The Morgan fingerprint density at radius 1 is 1.30 bits per heavy atom. The molecule has 3 nitrogen and oxygen atoms in total. The van der Waals surface area contributed by atoms with Crippen LogP contribution in [0.5, 0.6) is 0 Å². The third kappa shape index (κ3) is 3.40. The maximum Gasteiger partial charge on any atom is 0.0782 e. The molecular formula is C17H28N2O. The SMILES string of the molecule is CCCC(OCC)C(NN)c1ccccc1C1CCC1. The van der Waals surface area contributed by atoms with Crippen LogP contribution < -0.4 is 11.3 Å². The Hall–Kier alpha value is -0.900. The van der Waals surface area contributed by atoms with Crippen LogP contribution in [0.3, 0.4) is 0 Å². The van der Waals surface area contributed by atoms with Gasteiger partial charge in [0.05, 0.1) is 12.1 Å². The predicted molar refractivity (Wildman–Crippen MR) is 83.4 cm³/mol. The zero-order valence-corrected chi connectivity index (χ0v) is 12.8. The lowest BCUT2D eigenvalue weighted by molar-refractivity contribution is 0.0272. The van der Waals surface area contributed by atoms with Crippen molar-refractivity contribution in [2.45, 2.75) is 64.0 Å². The zero-order valence-electron chi connectivity index (χ0n) is 12.8. The van der Waals surface area contributed by atoms with Gasteiger partial charge in [-0.05, 0) is 43.2 Å². The standard InChI is InChI=1S/C17H28N2O/c1-3-8-16(20-4-2)17(19-18)15-12-6-5-11-14(15)13-9-7-10-13/h5-6,11-13,16-17,19H,3-4,7-10,18H2,1-2H3. The van der Waals surface area contributed by atoms with E-state index in [9.17, 15) is 0 Å². The van der Waals surface area contributed by atoms with E-state index in [4.69, 9.17) is 10.6 Å². The summed E-state index contributed by atoms with van der Waals surface area (Å²) in [6.45, 7) is 4.97. The van der Waals surface area contributed by atoms with E-state index >= 15 is 0 Å². The second kappa shape index (κ2) is 7.77. The number of rotatable bonds is 8. The molecule has 1 aromatic rings. The summed E-state index contributed by atoms with van der Waals surface area (Å²) in [5.74, 6) is 6.58. The van der Waals surface area contributed by atoms with Crippen molar-refractivity contribution < 1.29 is 4.74 Å². The summed E-state index contributed by atoms with van der Waals surface area (Å²) < 4.78 is 5.93. The van der Waals surface area contributed by atoms with Gasteiger partial charge in [0.2, 0.25) is 0 Å². The summed E-state index contributed by atoms with van der Waals surface area (Å²) in [4.78, 5) is 0. The van der Waals surface area contributed by atoms with Gasteiger partial charge < -0.3 is 4.74 Å². The highest BCUT2D eigenvalue weighted by Gasteiger charge is 2.28. The van der Waals surface area contributed by atoms with E-state index in [-0.39, 0.29) is 12.1 Å². The molecule has 2 atom stereocenters. The number of nitrogens with two attached hydrogens (primary N) is 1. The van der Waals surface area contributed by atoms with Crippen molar-refractivity contribution in [3.63, 3.8) is 0 Å². The van der Waals surface area contributed by atoms with Gasteiger partial charge in [-0.2, -0.15) is 0 Å². The van der Waals surface area contributed by atoms with Crippen LogP contribution in [0.2, 0.25) is 0 Å². The highest BCUT2D eigenvalue weighted by Crippen LogP contribution is 2.40. The molecule has 3 N–H and O–H groups in total. The molecule has 112 valence electrons. The van der Waals surface area contributed by atoms with Crippen LogP contribution in [0.15, 0.2) is 24.3 Å². The number of benzene rings is 1. The monoisotopic (exact) mass is 276 g/mol. The first-order chi connectivity index (χ1) is 9.81. The van der Waals surface area contributed by atoms with Gasteiger partial charge in [0.15, 0.2) is 0 Å². The van der Waals surface area contributed by atoms with Crippen LogP contribution in [0.25, 0.3) is 0 Å². The molecule has 1 aliphatic carbocycles. The van der Waals surface area contributed by atoms with E-state index in [1.54, 1.807) is 0 Å². The van der Waals surface area contributed by atoms with Crippen LogP contribution in [0, 0.1) is 0 Å². The lowest BCUT2D eigenvalue weighted by atomic mass is 9.76. The van der Waals surface area contributed by atoms with Gasteiger partial charge in [0, 0.05) is 6.61 Å². The minimum Gasteiger partial charge on any atom is -0.376 e. The van der Waals surface area contributed by atoms with Crippen LogP contribution in [-0.4, -0.2) is 12.7 Å². The molecule has 1 saturated carbocycles. The molecular weight excluding hydrogens is 248 g/mol. The number of hydrogen-bond acceptors (Lipinski definition) is 3. The molecule has 0 aromatic heterocycles. The van der Waals surface area contributed by atoms with E-state index in [1.807, 2.05) is 6.92 Å². The first-order valence-electron chi connectivity index (χ1n) is 7.98. The molecule has 2 unspecified atom stereocenters. The fourth-order valence-corrected chi connectivity index (χ4v) is 3.13. The topological polar surface area (TPSA) is 47.3 Å². The highest BCUT2D eigenvalue weighted by molar-refractivity contribution is 5.34. The number of ether oxygens (including phenoxy) is 1. The normalized spacial score (nSPS) is 18.6. The summed E-state index contributed by atoms with van der Waals surface area (Å²) in [7, 11) is 0. The Morgan fingerprint density at radius 2 is 2.05 bits per heavy atom. The fourth-order valence-electron chi connectivity index (χ4n) is 3.13. The lowest BCUT2D eigenvalue weighted by Crippen LogP contribution is -2.39. The summed E-state index contributed by atoms with van der Waals surface area (Å²) in [6, 6.07) is 8.81. The second-order valence-corrected chi connectivity index (χ2v) is 5.68. The van der Waals surface area contributed by atoms with Gasteiger partial charge in [-0.1, -0.05) is 44.0 Å². The summed E-state index contributed by atoms with van der Waals surface area (Å²) in [5, 5.41) is 0. The second-order valence-electron chi connectivity index (χ2n) is 5.68. The molecule has 2 rings (SSSR count). The fraction of sp³-hybridized carbons (Fsp3) is 0.647. The van der Waals surface area contributed by atoms with Crippen molar-refractivity contribution >= 4 is 0 Å². The maximum atomic E-state index is 5.93. The molecule has 0 amide bonds. The van der Waals surface area contributed by atoms with Crippen LogP contribution in [0.4, 0.5) is 0 Å². The molecule has 1 aromatic carbocycles. The Morgan fingerprint density at radius 3 is 2.60 bits per heavy atom. The van der Waals surface area contributed by atoms with Gasteiger partial charge in [-0.3, -0.25) is 11.3 Å². The molecule has 0 heterocycles. The average molecular weight is 276 g/mol. The average Bonchev–Trinajstić information content (AvgIpc) is 2.40. The van der Waals surface area contributed by atoms with Crippen molar-refractivity contribution in [1.82, 2.24) is 5.43 Å². The van der Waals surface area contributed by atoms with Crippen LogP contribution in [0.1, 0.15) is 69.0 Å². The minimum atomic E-state index is 0.0895. The smallest absolute Gasteiger partial charge is 0.0782 e. The lowest BCUT2D eigenvalue weighted by Gasteiger charge is -2.33. The Bertz CT molecular complexity index is 398. The van der Waals surface area contributed by atoms with Gasteiger partial charge in [-0.15, -0.1) is 0 Å². The maximum absolute atomic E-state index is 5.93. The molecule has 3 heteroatoms. The first-order valence-corrected chi connectivity index (χ1v) is 7.98. The van der Waals surface area contributed by atoms with Crippen molar-refractivity contribution in [2.75, 3.05) is 6.61 Å². The minimum absolute atomic E-state index is 0.0895. The Labute approximate surface area is 122 Å². The van der Waals surface area contributed by atoms with Crippen molar-refractivity contribution in [2.24, 2.45) is 5.84 Å². The van der Waals surface area contributed by atoms with Crippen LogP contribution >= 0.6 is 0 Å². The van der Waals surface area contributed by atoms with Crippen LogP contribution in [-0.2, 0) is 4.74 Å².